The lowest BCUT2D eigenvalue weighted by molar-refractivity contribution is -0.133. The van der Waals surface area contributed by atoms with Crippen LogP contribution in [-0.2, 0) is 17.9 Å². The zero-order valence-electron chi connectivity index (χ0n) is 17.3. The van der Waals surface area contributed by atoms with E-state index in [1.54, 1.807) is 17.0 Å². The fourth-order valence-corrected chi connectivity index (χ4v) is 4.07. The number of benzene rings is 2. The van der Waals surface area contributed by atoms with Gasteiger partial charge in [-0.2, -0.15) is 0 Å². The average Bonchev–Trinajstić information content (AvgIpc) is 3.24. The summed E-state index contributed by atoms with van der Waals surface area (Å²) in [4.78, 5) is 29.3. The second-order valence-corrected chi connectivity index (χ2v) is 8.00. The van der Waals surface area contributed by atoms with Gasteiger partial charge in [0.15, 0.2) is 6.61 Å². The van der Waals surface area contributed by atoms with Crippen LogP contribution in [0.1, 0.15) is 40.7 Å². The molecule has 2 heterocycles. The second kappa shape index (κ2) is 9.76. The molecule has 1 fully saturated rings. The lowest BCUT2D eigenvalue weighted by atomic mass is 10.1. The summed E-state index contributed by atoms with van der Waals surface area (Å²) in [5.74, 6) is 0.539. The van der Waals surface area contributed by atoms with E-state index >= 15 is 0 Å². The van der Waals surface area contributed by atoms with Crippen LogP contribution in [0.5, 0.6) is 5.75 Å². The van der Waals surface area contributed by atoms with Crippen molar-refractivity contribution in [1.29, 1.82) is 0 Å². The van der Waals surface area contributed by atoms with Crippen LogP contribution in [0.25, 0.3) is 0 Å². The molecule has 2 aliphatic heterocycles. The van der Waals surface area contributed by atoms with Crippen LogP contribution in [0.15, 0.2) is 48.5 Å². The maximum absolute atomic E-state index is 12.6. The number of hydrogen-bond acceptors (Lipinski definition) is 4. The number of carbonyl (C=O) groups excluding carboxylic acids is 2. The van der Waals surface area contributed by atoms with Gasteiger partial charge in [0.2, 0.25) is 0 Å². The number of ether oxygens (including phenoxy) is 1. The quantitative estimate of drug-likeness (QED) is 0.717. The summed E-state index contributed by atoms with van der Waals surface area (Å²) in [6.45, 7) is 5.03. The molecule has 0 bridgehead atoms. The molecule has 0 spiro atoms. The van der Waals surface area contributed by atoms with Crippen molar-refractivity contribution in [2.75, 3.05) is 32.8 Å². The van der Waals surface area contributed by atoms with E-state index in [9.17, 15) is 9.59 Å². The molecule has 2 aromatic rings. The first kappa shape index (κ1) is 20.4. The SMILES string of the molecule is O=C(NCCCN1CCCC1)c1ccc2c(c1)CN(Cc1ccccc1)C(=O)CO2. The predicted molar refractivity (Wildman–Crippen MR) is 115 cm³/mol. The molecule has 1 N–H and O–H groups in total. The molecule has 4 rings (SSSR count). The highest BCUT2D eigenvalue weighted by atomic mass is 16.5. The zero-order chi connectivity index (χ0) is 20.8. The van der Waals surface area contributed by atoms with Gasteiger partial charge in [0, 0.05) is 30.8 Å². The minimum Gasteiger partial charge on any atom is -0.483 e. The van der Waals surface area contributed by atoms with Gasteiger partial charge in [-0.25, -0.2) is 0 Å². The third-order valence-electron chi connectivity index (χ3n) is 5.74. The first-order chi connectivity index (χ1) is 14.7. The number of fused-ring (bicyclic) bond motifs is 1. The molecule has 158 valence electrons. The van der Waals surface area contributed by atoms with Crippen LogP contribution in [0.2, 0.25) is 0 Å². The Morgan fingerprint density at radius 2 is 1.87 bits per heavy atom. The van der Waals surface area contributed by atoms with Crippen molar-refractivity contribution in [2.45, 2.75) is 32.4 Å². The van der Waals surface area contributed by atoms with Gasteiger partial charge >= 0.3 is 0 Å². The summed E-state index contributed by atoms with van der Waals surface area (Å²) in [7, 11) is 0. The van der Waals surface area contributed by atoms with Crippen molar-refractivity contribution in [2.24, 2.45) is 0 Å². The smallest absolute Gasteiger partial charge is 0.261 e. The molecular weight excluding hydrogens is 378 g/mol. The maximum atomic E-state index is 12.6. The Labute approximate surface area is 177 Å². The average molecular weight is 408 g/mol. The highest BCUT2D eigenvalue weighted by Crippen LogP contribution is 2.25. The Hall–Kier alpha value is -2.86. The summed E-state index contributed by atoms with van der Waals surface area (Å²) in [5, 5.41) is 3.02. The van der Waals surface area contributed by atoms with Gasteiger partial charge in [-0.1, -0.05) is 30.3 Å². The summed E-state index contributed by atoms with van der Waals surface area (Å²) >= 11 is 0. The van der Waals surface area contributed by atoms with E-state index in [2.05, 4.69) is 10.2 Å². The number of rotatable bonds is 7. The molecule has 0 unspecified atom stereocenters. The summed E-state index contributed by atoms with van der Waals surface area (Å²) in [6, 6.07) is 15.3. The summed E-state index contributed by atoms with van der Waals surface area (Å²) in [6.07, 6.45) is 3.53. The molecular formula is C24H29N3O3. The molecule has 2 aromatic carbocycles. The Morgan fingerprint density at radius 1 is 1.07 bits per heavy atom. The fourth-order valence-electron chi connectivity index (χ4n) is 4.07. The first-order valence-corrected chi connectivity index (χ1v) is 10.8. The second-order valence-electron chi connectivity index (χ2n) is 8.00. The molecule has 2 aliphatic rings. The van der Waals surface area contributed by atoms with E-state index in [0.717, 1.165) is 24.1 Å². The number of nitrogens with zero attached hydrogens (tertiary/aromatic N) is 2. The van der Waals surface area contributed by atoms with Crippen LogP contribution in [-0.4, -0.2) is 54.4 Å². The lowest BCUT2D eigenvalue weighted by Crippen LogP contribution is -2.32. The van der Waals surface area contributed by atoms with Crippen LogP contribution < -0.4 is 10.1 Å². The molecule has 0 atom stereocenters. The van der Waals surface area contributed by atoms with E-state index in [4.69, 9.17) is 4.74 Å². The van der Waals surface area contributed by atoms with Gasteiger partial charge in [-0.05, 0) is 62.7 Å². The monoisotopic (exact) mass is 407 g/mol. The molecule has 0 aromatic heterocycles. The summed E-state index contributed by atoms with van der Waals surface area (Å²) in [5.41, 5.74) is 2.54. The molecule has 1 saturated heterocycles. The Bertz CT molecular complexity index is 879. The Morgan fingerprint density at radius 3 is 2.67 bits per heavy atom. The van der Waals surface area contributed by atoms with Crippen molar-refractivity contribution in [3.63, 3.8) is 0 Å². The number of likely N-dealkylation sites (tertiary alicyclic amines) is 1. The van der Waals surface area contributed by atoms with Crippen molar-refractivity contribution in [3.8, 4) is 5.75 Å². The van der Waals surface area contributed by atoms with Gasteiger partial charge < -0.3 is 19.9 Å². The molecule has 6 nitrogen and oxygen atoms in total. The predicted octanol–water partition coefficient (Wildman–Crippen LogP) is 2.82. The minimum atomic E-state index is -0.0793. The topological polar surface area (TPSA) is 61.9 Å². The minimum absolute atomic E-state index is 0.0158. The van der Waals surface area contributed by atoms with Gasteiger partial charge in [-0.15, -0.1) is 0 Å². The van der Waals surface area contributed by atoms with Gasteiger partial charge in [0.05, 0.1) is 0 Å². The normalized spacial score (nSPS) is 16.7. The third kappa shape index (κ3) is 5.19. The lowest BCUT2D eigenvalue weighted by Gasteiger charge is -2.20. The third-order valence-corrected chi connectivity index (χ3v) is 5.74. The van der Waals surface area contributed by atoms with Crippen molar-refractivity contribution >= 4 is 11.8 Å². The molecule has 2 amide bonds. The maximum Gasteiger partial charge on any atom is 0.261 e. The van der Waals surface area contributed by atoms with Crippen LogP contribution in [0.3, 0.4) is 0 Å². The number of nitrogens with one attached hydrogen (secondary N) is 1. The Kier molecular flexibility index (Phi) is 6.64. The van der Waals surface area contributed by atoms with Crippen LogP contribution in [0.4, 0.5) is 0 Å². The van der Waals surface area contributed by atoms with E-state index in [0.29, 0.717) is 30.9 Å². The molecule has 0 radical (unpaired) electrons. The summed E-state index contributed by atoms with van der Waals surface area (Å²) < 4.78 is 5.69. The highest BCUT2D eigenvalue weighted by Gasteiger charge is 2.22. The van der Waals surface area contributed by atoms with Crippen molar-refractivity contribution in [3.05, 3.63) is 65.2 Å². The molecule has 30 heavy (non-hydrogen) atoms. The van der Waals surface area contributed by atoms with E-state index in [1.807, 2.05) is 36.4 Å². The molecule has 6 heteroatoms. The van der Waals surface area contributed by atoms with Gasteiger partial charge in [-0.3, -0.25) is 9.59 Å². The number of amides is 2. The number of carbonyl (C=O) groups is 2. The Balaban J connectivity index is 1.37. The van der Waals surface area contributed by atoms with Gasteiger partial charge in [0.25, 0.3) is 11.8 Å². The fraction of sp³-hybridized carbons (Fsp3) is 0.417. The van der Waals surface area contributed by atoms with Crippen molar-refractivity contribution < 1.29 is 14.3 Å². The van der Waals surface area contributed by atoms with E-state index < -0.39 is 0 Å². The van der Waals surface area contributed by atoms with Gasteiger partial charge in [0.1, 0.15) is 5.75 Å². The van der Waals surface area contributed by atoms with E-state index in [1.165, 1.54) is 25.9 Å². The highest BCUT2D eigenvalue weighted by molar-refractivity contribution is 5.94. The standard InChI is InChI=1S/C24H29N3O3/c28-23-18-30-22-10-9-20(24(29)25-11-6-14-26-12-4-5-13-26)15-21(22)17-27(23)16-19-7-2-1-3-8-19/h1-3,7-10,15H,4-6,11-14,16-18H2,(H,25,29). The van der Waals surface area contributed by atoms with E-state index in [-0.39, 0.29) is 18.4 Å². The molecule has 0 saturated carbocycles. The van der Waals surface area contributed by atoms with Crippen LogP contribution in [0, 0.1) is 0 Å². The number of hydrogen-bond donors (Lipinski definition) is 1. The largest absolute Gasteiger partial charge is 0.483 e. The van der Waals surface area contributed by atoms with Crippen LogP contribution >= 0.6 is 0 Å². The first-order valence-electron chi connectivity index (χ1n) is 10.8. The van der Waals surface area contributed by atoms with Crippen molar-refractivity contribution in [1.82, 2.24) is 15.1 Å². The molecule has 0 aliphatic carbocycles. The zero-order valence-corrected chi connectivity index (χ0v) is 17.3.